The Hall–Kier alpha value is -1.69. The van der Waals surface area contributed by atoms with E-state index >= 15 is 0 Å². The Morgan fingerprint density at radius 3 is 2.60 bits per heavy atom. The van der Waals surface area contributed by atoms with E-state index in [0.29, 0.717) is 0 Å². The molecule has 2 N–H and O–H groups in total. The Labute approximate surface area is 116 Å². The summed E-state index contributed by atoms with van der Waals surface area (Å²) in [4.78, 5) is 11.3. The maximum absolute atomic E-state index is 13.3. The van der Waals surface area contributed by atoms with Crippen molar-refractivity contribution in [2.45, 2.75) is 38.8 Å². The zero-order chi connectivity index (χ0) is 15.3. The molecule has 1 aromatic rings. The van der Waals surface area contributed by atoms with E-state index in [1.54, 1.807) is 6.92 Å². The Bertz CT molecular complexity index is 479. The molecule has 1 aromatic carbocycles. The summed E-state index contributed by atoms with van der Waals surface area (Å²) >= 11 is 0. The number of hydrogen-bond donors (Lipinski definition) is 2. The second-order valence-corrected chi connectivity index (χ2v) is 5.11. The predicted octanol–water partition coefficient (Wildman–Crippen LogP) is 2.58. The van der Waals surface area contributed by atoms with Crippen LogP contribution in [0, 0.1) is 11.6 Å². The van der Waals surface area contributed by atoms with E-state index in [1.165, 1.54) is 6.07 Å². The summed E-state index contributed by atoms with van der Waals surface area (Å²) in [5.74, 6) is -2.59. The number of aliphatic carboxylic acids is 1. The summed E-state index contributed by atoms with van der Waals surface area (Å²) in [6.07, 6.45) is 0.150. The SMILES string of the molecule is CC(C)NC(C)(CCOc1ccc(F)cc1F)C(=O)O. The quantitative estimate of drug-likeness (QED) is 0.809. The fourth-order valence-electron chi connectivity index (χ4n) is 1.84. The van der Waals surface area contributed by atoms with Crippen LogP contribution < -0.4 is 10.1 Å². The Morgan fingerprint density at radius 2 is 2.10 bits per heavy atom. The number of halogens is 2. The number of benzene rings is 1. The first-order chi connectivity index (χ1) is 9.24. The highest BCUT2D eigenvalue weighted by atomic mass is 19.1. The van der Waals surface area contributed by atoms with Crippen LogP contribution in [0.1, 0.15) is 27.2 Å². The molecule has 0 saturated heterocycles. The molecule has 0 aliphatic heterocycles. The van der Waals surface area contributed by atoms with E-state index in [1.807, 2.05) is 13.8 Å². The molecule has 0 fully saturated rings. The fourth-order valence-corrected chi connectivity index (χ4v) is 1.84. The van der Waals surface area contributed by atoms with E-state index in [0.717, 1.165) is 12.1 Å². The van der Waals surface area contributed by atoms with Crippen LogP contribution >= 0.6 is 0 Å². The highest BCUT2D eigenvalue weighted by Crippen LogP contribution is 2.19. The van der Waals surface area contributed by atoms with Crippen LogP contribution in [0.4, 0.5) is 8.78 Å². The summed E-state index contributed by atoms with van der Waals surface area (Å²) in [5, 5.41) is 12.2. The predicted molar refractivity (Wildman–Crippen MR) is 70.8 cm³/mol. The molecule has 6 heteroatoms. The molecule has 20 heavy (non-hydrogen) atoms. The topological polar surface area (TPSA) is 58.6 Å². The van der Waals surface area contributed by atoms with E-state index < -0.39 is 23.1 Å². The van der Waals surface area contributed by atoms with E-state index in [9.17, 15) is 18.7 Å². The van der Waals surface area contributed by atoms with Crippen molar-refractivity contribution in [2.24, 2.45) is 0 Å². The van der Waals surface area contributed by atoms with Gasteiger partial charge in [0.05, 0.1) is 6.61 Å². The van der Waals surface area contributed by atoms with Gasteiger partial charge in [-0.2, -0.15) is 0 Å². The molecule has 1 unspecified atom stereocenters. The molecule has 0 bridgehead atoms. The van der Waals surface area contributed by atoms with Crippen LogP contribution in [0.25, 0.3) is 0 Å². The van der Waals surface area contributed by atoms with Gasteiger partial charge in [-0.1, -0.05) is 0 Å². The number of carboxylic acids is 1. The molecule has 4 nitrogen and oxygen atoms in total. The zero-order valence-electron chi connectivity index (χ0n) is 11.7. The zero-order valence-corrected chi connectivity index (χ0v) is 11.7. The third-order valence-electron chi connectivity index (χ3n) is 2.83. The number of nitrogens with one attached hydrogen (secondary N) is 1. The van der Waals surface area contributed by atoms with Crippen molar-refractivity contribution >= 4 is 5.97 Å². The normalized spacial score (nSPS) is 14.1. The molecule has 0 saturated carbocycles. The average Bonchev–Trinajstić information content (AvgIpc) is 2.30. The minimum absolute atomic E-state index is 0.00503. The lowest BCUT2D eigenvalue weighted by Crippen LogP contribution is -2.53. The minimum atomic E-state index is -1.16. The number of carboxylic acid groups (broad SMARTS) is 1. The van der Waals surface area contributed by atoms with Gasteiger partial charge in [0.2, 0.25) is 0 Å². The summed E-state index contributed by atoms with van der Waals surface area (Å²) in [6, 6.07) is 2.97. The highest BCUT2D eigenvalue weighted by Gasteiger charge is 2.33. The summed E-state index contributed by atoms with van der Waals surface area (Å²) in [7, 11) is 0. The molecule has 0 amide bonds. The minimum Gasteiger partial charge on any atom is -0.490 e. The standard InChI is InChI=1S/C14H19F2NO3/c1-9(2)17-14(3,13(18)19)6-7-20-12-5-4-10(15)8-11(12)16/h4-5,8-9,17H,6-7H2,1-3H3,(H,18,19). The van der Waals surface area contributed by atoms with E-state index in [4.69, 9.17) is 4.74 Å². The molecular formula is C14H19F2NO3. The smallest absolute Gasteiger partial charge is 0.323 e. The maximum Gasteiger partial charge on any atom is 0.323 e. The van der Waals surface area contributed by atoms with Gasteiger partial charge < -0.3 is 9.84 Å². The van der Waals surface area contributed by atoms with Crippen molar-refractivity contribution in [3.63, 3.8) is 0 Å². The van der Waals surface area contributed by atoms with Crippen LogP contribution in [-0.4, -0.2) is 29.3 Å². The van der Waals surface area contributed by atoms with Crippen molar-refractivity contribution in [2.75, 3.05) is 6.61 Å². The van der Waals surface area contributed by atoms with Crippen LogP contribution in [0.3, 0.4) is 0 Å². The largest absolute Gasteiger partial charge is 0.490 e. The van der Waals surface area contributed by atoms with Crippen LogP contribution in [0.15, 0.2) is 18.2 Å². The fraction of sp³-hybridized carbons (Fsp3) is 0.500. The first-order valence-electron chi connectivity index (χ1n) is 6.33. The second kappa shape index (κ2) is 6.65. The first-order valence-corrected chi connectivity index (χ1v) is 6.33. The van der Waals surface area contributed by atoms with Gasteiger partial charge in [0.1, 0.15) is 11.4 Å². The third-order valence-corrected chi connectivity index (χ3v) is 2.83. The molecular weight excluding hydrogens is 268 g/mol. The summed E-state index contributed by atoms with van der Waals surface area (Å²) < 4.78 is 31.2. The van der Waals surface area contributed by atoms with Gasteiger partial charge in [-0.15, -0.1) is 0 Å². The van der Waals surface area contributed by atoms with Crippen LogP contribution in [-0.2, 0) is 4.79 Å². The number of ether oxygens (including phenoxy) is 1. The van der Waals surface area contributed by atoms with Crippen molar-refractivity contribution in [1.29, 1.82) is 0 Å². The number of carbonyl (C=O) groups is 1. The molecule has 0 aliphatic carbocycles. The number of rotatable bonds is 7. The van der Waals surface area contributed by atoms with Gasteiger partial charge in [0.25, 0.3) is 0 Å². The van der Waals surface area contributed by atoms with E-state index in [-0.39, 0.29) is 24.8 Å². The Morgan fingerprint density at radius 1 is 1.45 bits per heavy atom. The lowest BCUT2D eigenvalue weighted by molar-refractivity contribution is -0.145. The van der Waals surface area contributed by atoms with Crippen molar-refractivity contribution in [1.82, 2.24) is 5.32 Å². The van der Waals surface area contributed by atoms with E-state index in [2.05, 4.69) is 5.32 Å². The van der Waals surface area contributed by atoms with Crippen molar-refractivity contribution in [3.05, 3.63) is 29.8 Å². The average molecular weight is 287 g/mol. The van der Waals surface area contributed by atoms with Crippen LogP contribution in [0.2, 0.25) is 0 Å². The summed E-state index contributed by atoms with van der Waals surface area (Å²) in [6.45, 7) is 5.22. The number of hydrogen-bond acceptors (Lipinski definition) is 3. The van der Waals surface area contributed by atoms with Crippen molar-refractivity contribution in [3.8, 4) is 5.75 Å². The Kier molecular flexibility index (Phi) is 5.44. The second-order valence-electron chi connectivity index (χ2n) is 5.11. The maximum atomic E-state index is 13.3. The van der Waals surface area contributed by atoms with Gasteiger partial charge >= 0.3 is 5.97 Å². The molecule has 112 valence electrons. The molecule has 0 heterocycles. The van der Waals surface area contributed by atoms with Gasteiger partial charge in [-0.05, 0) is 32.9 Å². The lowest BCUT2D eigenvalue weighted by atomic mass is 9.97. The summed E-state index contributed by atoms with van der Waals surface area (Å²) in [5.41, 5.74) is -1.16. The van der Waals surface area contributed by atoms with Crippen molar-refractivity contribution < 1.29 is 23.4 Å². The third kappa shape index (κ3) is 4.45. The highest BCUT2D eigenvalue weighted by molar-refractivity contribution is 5.78. The molecule has 1 rings (SSSR count). The monoisotopic (exact) mass is 287 g/mol. The molecule has 0 radical (unpaired) electrons. The Balaban J connectivity index is 2.63. The molecule has 0 spiro atoms. The van der Waals surface area contributed by atoms with Gasteiger partial charge in [0.15, 0.2) is 11.6 Å². The van der Waals surface area contributed by atoms with Crippen LogP contribution in [0.5, 0.6) is 5.75 Å². The molecule has 0 aromatic heterocycles. The van der Waals surface area contributed by atoms with Gasteiger partial charge in [-0.3, -0.25) is 10.1 Å². The van der Waals surface area contributed by atoms with Gasteiger partial charge in [0, 0.05) is 18.5 Å². The molecule has 1 atom stereocenters. The first kappa shape index (κ1) is 16.4. The van der Waals surface area contributed by atoms with Gasteiger partial charge in [-0.25, -0.2) is 8.78 Å². The molecule has 0 aliphatic rings. The lowest BCUT2D eigenvalue weighted by Gasteiger charge is -2.28.